The van der Waals surface area contributed by atoms with Gasteiger partial charge < -0.3 is 0 Å². The predicted octanol–water partition coefficient (Wildman–Crippen LogP) is 3.74. The Labute approximate surface area is 132 Å². The van der Waals surface area contributed by atoms with Gasteiger partial charge in [0, 0.05) is 12.7 Å². The zero-order valence-corrected chi connectivity index (χ0v) is 13.3. The van der Waals surface area contributed by atoms with Gasteiger partial charge in [0.25, 0.3) is 10.0 Å². The second-order valence-electron chi connectivity index (χ2n) is 4.09. The molecule has 0 saturated carbocycles. The van der Waals surface area contributed by atoms with E-state index >= 15 is 0 Å². The number of halogens is 3. The van der Waals surface area contributed by atoms with E-state index in [1.54, 1.807) is 6.92 Å². The molecule has 0 aliphatic carbocycles. The molecular formula is C13H11Cl2FN2O2S. The van der Waals surface area contributed by atoms with Crippen molar-refractivity contribution in [1.29, 1.82) is 0 Å². The van der Waals surface area contributed by atoms with Gasteiger partial charge in [-0.15, -0.1) is 0 Å². The fourth-order valence-corrected chi connectivity index (χ4v) is 3.57. The molecule has 2 aromatic rings. The van der Waals surface area contributed by atoms with Crippen molar-refractivity contribution in [2.75, 3.05) is 10.8 Å². The molecule has 0 aliphatic heterocycles. The third-order valence-corrected chi connectivity index (χ3v) is 5.30. The van der Waals surface area contributed by atoms with Crippen LogP contribution in [0.15, 0.2) is 41.4 Å². The summed E-state index contributed by atoms with van der Waals surface area (Å²) in [6.07, 6.45) is 1.12. The van der Waals surface area contributed by atoms with E-state index in [1.165, 1.54) is 24.3 Å². The molecule has 21 heavy (non-hydrogen) atoms. The number of rotatable bonds is 4. The van der Waals surface area contributed by atoms with Gasteiger partial charge in [-0.1, -0.05) is 29.3 Å². The van der Waals surface area contributed by atoms with Gasteiger partial charge in [0.2, 0.25) is 0 Å². The summed E-state index contributed by atoms with van der Waals surface area (Å²) < 4.78 is 39.6. The first-order chi connectivity index (χ1) is 9.86. The average molecular weight is 349 g/mol. The van der Waals surface area contributed by atoms with E-state index in [4.69, 9.17) is 23.2 Å². The molecule has 0 unspecified atom stereocenters. The molecular weight excluding hydrogens is 338 g/mol. The number of anilines is 1. The summed E-state index contributed by atoms with van der Waals surface area (Å²) in [5.74, 6) is -0.520. The number of hydrogen-bond donors (Lipinski definition) is 0. The molecule has 1 aromatic carbocycles. The molecule has 0 fully saturated rings. The standard InChI is InChI=1S/C13H11Cl2FN2O2S/c1-2-18(10-5-3-4-9(16)6-10)21(19,20)11-7-12(14)13(15)17-8-11/h3-8H,2H2,1H3. The third-order valence-electron chi connectivity index (χ3n) is 2.74. The zero-order chi connectivity index (χ0) is 15.6. The lowest BCUT2D eigenvalue weighted by Crippen LogP contribution is -2.31. The smallest absolute Gasteiger partial charge is 0.265 e. The molecule has 4 nitrogen and oxygen atoms in total. The van der Waals surface area contributed by atoms with E-state index in [0.29, 0.717) is 0 Å². The first kappa shape index (κ1) is 16.0. The Morgan fingerprint density at radius 1 is 1.29 bits per heavy atom. The van der Waals surface area contributed by atoms with Gasteiger partial charge in [-0.2, -0.15) is 0 Å². The topological polar surface area (TPSA) is 50.3 Å². The van der Waals surface area contributed by atoms with Crippen LogP contribution in [-0.2, 0) is 10.0 Å². The highest BCUT2D eigenvalue weighted by Crippen LogP contribution is 2.27. The van der Waals surface area contributed by atoms with Crippen LogP contribution in [0.25, 0.3) is 0 Å². The van der Waals surface area contributed by atoms with Gasteiger partial charge in [-0.05, 0) is 31.2 Å². The molecule has 8 heteroatoms. The molecule has 0 amide bonds. The van der Waals surface area contributed by atoms with Crippen LogP contribution in [0, 0.1) is 5.82 Å². The quantitative estimate of drug-likeness (QED) is 0.790. The summed E-state index contributed by atoms with van der Waals surface area (Å²) in [5, 5.41) is 0.0532. The fraction of sp³-hybridized carbons (Fsp3) is 0.154. The summed E-state index contributed by atoms with van der Waals surface area (Å²) in [6.45, 7) is 1.78. The van der Waals surface area contributed by atoms with Crippen molar-refractivity contribution in [1.82, 2.24) is 4.98 Å². The minimum Gasteiger partial charge on any atom is -0.266 e. The van der Waals surface area contributed by atoms with Crippen molar-refractivity contribution >= 4 is 38.9 Å². The normalized spacial score (nSPS) is 11.4. The molecule has 0 radical (unpaired) electrons. The minimum atomic E-state index is -3.90. The van der Waals surface area contributed by atoms with E-state index in [2.05, 4.69) is 4.98 Å². The van der Waals surface area contributed by atoms with E-state index < -0.39 is 15.8 Å². The monoisotopic (exact) mass is 348 g/mol. The first-order valence-electron chi connectivity index (χ1n) is 5.95. The van der Waals surface area contributed by atoms with E-state index in [-0.39, 0.29) is 27.3 Å². The number of nitrogens with zero attached hydrogens (tertiary/aromatic N) is 2. The van der Waals surface area contributed by atoms with Crippen molar-refractivity contribution < 1.29 is 12.8 Å². The van der Waals surface area contributed by atoms with Gasteiger partial charge in [0.15, 0.2) is 0 Å². The number of sulfonamides is 1. The second-order valence-corrected chi connectivity index (χ2v) is 6.72. The van der Waals surface area contributed by atoms with E-state index in [1.807, 2.05) is 0 Å². The molecule has 0 spiro atoms. The Hall–Kier alpha value is -1.37. The van der Waals surface area contributed by atoms with E-state index in [9.17, 15) is 12.8 Å². The van der Waals surface area contributed by atoms with Gasteiger partial charge in [0.05, 0.1) is 10.7 Å². The predicted molar refractivity (Wildman–Crippen MR) is 80.9 cm³/mol. The highest BCUT2D eigenvalue weighted by atomic mass is 35.5. The molecule has 0 saturated heterocycles. The number of benzene rings is 1. The molecule has 0 bridgehead atoms. The fourth-order valence-electron chi connectivity index (χ4n) is 1.79. The summed E-state index contributed by atoms with van der Waals surface area (Å²) in [6, 6.07) is 6.55. The minimum absolute atomic E-state index is 0.0180. The van der Waals surface area contributed by atoms with Crippen molar-refractivity contribution in [2.24, 2.45) is 0 Å². The molecule has 0 aliphatic rings. The molecule has 2 rings (SSSR count). The van der Waals surface area contributed by atoms with Crippen LogP contribution < -0.4 is 4.31 Å². The van der Waals surface area contributed by atoms with Crippen LogP contribution in [0.1, 0.15) is 6.92 Å². The first-order valence-corrected chi connectivity index (χ1v) is 8.15. The van der Waals surface area contributed by atoms with E-state index in [0.717, 1.165) is 16.6 Å². The molecule has 1 heterocycles. The highest BCUT2D eigenvalue weighted by Gasteiger charge is 2.25. The second kappa shape index (κ2) is 6.17. The number of hydrogen-bond acceptors (Lipinski definition) is 3. The van der Waals surface area contributed by atoms with Crippen LogP contribution in [0.5, 0.6) is 0 Å². The van der Waals surface area contributed by atoms with Crippen molar-refractivity contribution in [2.45, 2.75) is 11.8 Å². The van der Waals surface area contributed by atoms with Crippen LogP contribution >= 0.6 is 23.2 Å². The van der Waals surface area contributed by atoms with Gasteiger partial charge >= 0.3 is 0 Å². The third kappa shape index (κ3) is 3.28. The van der Waals surface area contributed by atoms with Gasteiger partial charge in [-0.25, -0.2) is 17.8 Å². The van der Waals surface area contributed by atoms with Crippen molar-refractivity contribution in [3.63, 3.8) is 0 Å². The summed E-state index contributed by atoms with van der Waals surface area (Å²) in [7, 11) is -3.90. The lowest BCUT2D eigenvalue weighted by Gasteiger charge is -2.22. The average Bonchev–Trinajstić information content (AvgIpc) is 2.42. The molecule has 112 valence electrons. The maximum Gasteiger partial charge on any atom is 0.265 e. The number of aromatic nitrogens is 1. The Kier molecular flexibility index (Phi) is 4.70. The van der Waals surface area contributed by atoms with Gasteiger partial charge in [0.1, 0.15) is 15.9 Å². The Morgan fingerprint density at radius 2 is 2.00 bits per heavy atom. The lowest BCUT2D eigenvalue weighted by molar-refractivity contribution is 0.591. The Balaban J connectivity index is 2.51. The lowest BCUT2D eigenvalue weighted by atomic mass is 10.3. The number of pyridine rings is 1. The SMILES string of the molecule is CCN(c1cccc(F)c1)S(=O)(=O)c1cnc(Cl)c(Cl)c1. The summed E-state index contributed by atoms with van der Waals surface area (Å²) >= 11 is 11.5. The summed E-state index contributed by atoms with van der Waals surface area (Å²) in [4.78, 5) is 3.62. The molecule has 0 N–H and O–H groups in total. The van der Waals surface area contributed by atoms with Crippen LogP contribution in [0.3, 0.4) is 0 Å². The largest absolute Gasteiger partial charge is 0.266 e. The zero-order valence-electron chi connectivity index (χ0n) is 10.9. The van der Waals surface area contributed by atoms with Gasteiger partial charge in [-0.3, -0.25) is 4.31 Å². The molecule has 0 atom stereocenters. The van der Waals surface area contributed by atoms with Crippen LogP contribution in [0.4, 0.5) is 10.1 Å². The van der Waals surface area contributed by atoms with Crippen LogP contribution in [0.2, 0.25) is 10.2 Å². The Bertz CT molecular complexity index is 769. The highest BCUT2D eigenvalue weighted by molar-refractivity contribution is 7.92. The van der Waals surface area contributed by atoms with Crippen molar-refractivity contribution in [3.8, 4) is 0 Å². The Morgan fingerprint density at radius 3 is 2.57 bits per heavy atom. The maximum atomic E-state index is 13.3. The van der Waals surface area contributed by atoms with Crippen LogP contribution in [-0.4, -0.2) is 19.9 Å². The molecule has 1 aromatic heterocycles. The maximum absolute atomic E-state index is 13.3. The van der Waals surface area contributed by atoms with Crippen molar-refractivity contribution in [3.05, 3.63) is 52.5 Å². The summed E-state index contributed by atoms with van der Waals surface area (Å²) in [5.41, 5.74) is 0.226.